The average Bonchev–Trinajstić information content (AvgIpc) is 2.75. The molecule has 0 saturated heterocycles. The highest BCUT2D eigenvalue weighted by molar-refractivity contribution is 5.94. The molecule has 0 radical (unpaired) electrons. The quantitative estimate of drug-likeness (QED) is 0.448. The molecule has 0 unspecified atom stereocenters. The van der Waals surface area contributed by atoms with Crippen molar-refractivity contribution in [3.05, 3.63) is 89.5 Å². The highest BCUT2D eigenvalue weighted by Crippen LogP contribution is 2.26. The van der Waals surface area contributed by atoms with Gasteiger partial charge in [0.2, 0.25) is 0 Å². The summed E-state index contributed by atoms with van der Waals surface area (Å²) in [4.78, 5) is 12.2. The predicted octanol–water partition coefficient (Wildman–Crippen LogP) is 4.13. The molecule has 0 aliphatic heterocycles. The number of ether oxygens (including phenoxy) is 2. The van der Waals surface area contributed by atoms with Gasteiger partial charge in [-0.1, -0.05) is 30.3 Å². The van der Waals surface area contributed by atoms with Crippen molar-refractivity contribution in [2.45, 2.75) is 13.5 Å². The van der Waals surface area contributed by atoms with Gasteiger partial charge in [-0.05, 0) is 60.5 Å². The molecule has 0 aromatic heterocycles. The molecule has 0 heterocycles. The highest BCUT2D eigenvalue weighted by Gasteiger charge is 2.05. The Morgan fingerprint density at radius 1 is 1.03 bits per heavy atom. The van der Waals surface area contributed by atoms with Gasteiger partial charge in [-0.15, -0.1) is 0 Å². The minimum atomic E-state index is -0.319. The first-order valence-electron chi connectivity index (χ1n) is 9.21. The number of nitrogens with zero attached hydrogens (tertiary/aromatic N) is 1. The molecule has 6 nitrogen and oxygen atoms in total. The monoisotopic (exact) mass is 390 g/mol. The van der Waals surface area contributed by atoms with Crippen molar-refractivity contribution >= 4 is 12.1 Å². The van der Waals surface area contributed by atoms with Gasteiger partial charge in [-0.25, -0.2) is 5.43 Å². The molecule has 0 atom stereocenters. The summed E-state index contributed by atoms with van der Waals surface area (Å²) < 4.78 is 11.0. The number of rotatable bonds is 8. The fourth-order valence-electron chi connectivity index (χ4n) is 2.55. The Morgan fingerprint density at radius 2 is 1.79 bits per heavy atom. The minimum absolute atomic E-state index is 0.0596. The van der Waals surface area contributed by atoms with Crippen LogP contribution < -0.4 is 14.9 Å². The zero-order valence-corrected chi connectivity index (χ0v) is 16.0. The average molecular weight is 390 g/mol. The fraction of sp³-hybridized carbons (Fsp3) is 0.130. The lowest BCUT2D eigenvalue weighted by atomic mass is 10.1. The Kier molecular flexibility index (Phi) is 6.84. The summed E-state index contributed by atoms with van der Waals surface area (Å²) in [5.74, 6) is 0.909. The van der Waals surface area contributed by atoms with Crippen LogP contribution in [0.2, 0.25) is 0 Å². The van der Waals surface area contributed by atoms with Crippen molar-refractivity contribution in [1.82, 2.24) is 5.43 Å². The Labute approximate surface area is 169 Å². The Hall–Kier alpha value is -3.80. The van der Waals surface area contributed by atoms with Crippen LogP contribution in [0.3, 0.4) is 0 Å². The number of para-hydroxylation sites is 1. The molecule has 3 aromatic carbocycles. The van der Waals surface area contributed by atoms with Gasteiger partial charge >= 0.3 is 0 Å². The van der Waals surface area contributed by atoms with Gasteiger partial charge in [0.1, 0.15) is 12.4 Å². The lowest BCUT2D eigenvalue weighted by Gasteiger charge is -2.07. The highest BCUT2D eigenvalue weighted by atomic mass is 16.5. The van der Waals surface area contributed by atoms with Crippen molar-refractivity contribution in [3.8, 4) is 17.2 Å². The van der Waals surface area contributed by atoms with Crippen LogP contribution >= 0.6 is 0 Å². The molecular weight excluding hydrogens is 368 g/mol. The van der Waals surface area contributed by atoms with Crippen molar-refractivity contribution in [2.75, 3.05) is 6.61 Å². The van der Waals surface area contributed by atoms with E-state index in [9.17, 15) is 9.90 Å². The number of hydrazone groups is 1. The summed E-state index contributed by atoms with van der Waals surface area (Å²) in [6.07, 6.45) is 1.49. The molecule has 0 fully saturated rings. The van der Waals surface area contributed by atoms with Crippen molar-refractivity contribution < 1.29 is 19.4 Å². The predicted molar refractivity (Wildman–Crippen MR) is 112 cm³/mol. The van der Waals surface area contributed by atoms with Gasteiger partial charge in [0, 0.05) is 5.56 Å². The number of carbonyl (C=O) groups excluding carboxylic acids is 1. The maximum absolute atomic E-state index is 12.2. The first-order chi connectivity index (χ1) is 14.2. The van der Waals surface area contributed by atoms with Crippen LogP contribution in [-0.2, 0) is 6.61 Å². The second kappa shape index (κ2) is 9.94. The van der Waals surface area contributed by atoms with Gasteiger partial charge in [0.05, 0.1) is 12.8 Å². The van der Waals surface area contributed by atoms with Crippen molar-refractivity contribution in [3.63, 3.8) is 0 Å². The second-order valence-corrected chi connectivity index (χ2v) is 6.16. The smallest absolute Gasteiger partial charge is 0.271 e. The molecule has 3 rings (SSSR count). The maximum atomic E-state index is 12.2. The molecule has 3 aromatic rings. The molecule has 0 aliphatic rings. The molecule has 2 N–H and O–H groups in total. The standard InChI is InChI=1S/C23H22N2O4/c1-2-28-22-14-18(10-13-21(22)26)15-24-25-23(27)19-11-8-17(9-12-19)16-29-20-6-4-3-5-7-20/h3-15,26H,2,16H2,1H3,(H,25,27)/b24-15+. The fourth-order valence-corrected chi connectivity index (χ4v) is 2.55. The van der Waals surface area contributed by atoms with Gasteiger partial charge in [-0.3, -0.25) is 4.79 Å². The number of amides is 1. The topological polar surface area (TPSA) is 80.2 Å². The normalized spacial score (nSPS) is 10.7. The lowest BCUT2D eigenvalue weighted by Crippen LogP contribution is -2.17. The summed E-state index contributed by atoms with van der Waals surface area (Å²) in [7, 11) is 0. The van der Waals surface area contributed by atoms with Crippen LogP contribution in [0.15, 0.2) is 77.9 Å². The van der Waals surface area contributed by atoms with Gasteiger partial charge in [0.15, 0.2) is 11.5 Å². The van der Waals surface area contributed by atoms with E-state index in [0.29, 0.717) is 30.1 Å². The second-order valence-electron chi connectivity index (χ2n) is 6.16. The van der Waals surface area contributed by atoms with E-state index in [4.69, 9.17) is 9.47 Å². The Bertz CT molecular complexity index is 970. The molecule has 148 valence electrons. The largest absolute Gasteiger partial charge is 0.504 e. The molecule has 0 saturated carbocycles. The van der Waals surface area contributed by atoms with E-state index >= 15 is 0 Å². The van der Waals surface area contributed by atoms with E-state index in [0.717, 1.165) is 11.3 Å². The van der Waals surface area contributed by atoms with Crippen LogP contribution in [-0.4, -0.2) is 23.8 Å². The summed E-state index contributed by atoms with van der Waals surface area (Å²) in [6, 6.07) is 21.5. The Balaban J connectivity index is 1.54. The zero-order valence-electron chi connectivity index (χ0n) is 16.0. The number of phenols is 1. The first kappa shape index (κ1) is 19.9. The van der Waals surface area contributed by atoms with Gasteiger partial charge in [-0.2, -0.15) is 5.10 Å². The minimum Gasteiger partial charge on any atom is -0.504 e. The van der Waals surface area contributed by atoms with Crippen LogP contribution in [0.5, 0.6) is 17.2 Å². The number of benzene rings is 3. The third-order valence-corrected chi connectivity index (χ3v) is 4.03. The number of phenolic OH excluding ortho intramolecular Hbond substituents is 1. The Morgan fingerprint density at radius 3 is 2.52 bits per heavy atom. The third kappa shape index (κ3) is 5.84. The number of aromatic hydroxyl groups is 1. The van der Waals surface area contributed by atoms with Crippen LogP contribution in [0.25, 0.3) is 0 Å². The summed E-state index contributed by atoms with van der Waals surface area (Å²) in [6.45, 7) is 2.70. The summed E-state index contributed by atoms with van der Waals surface area (Å²) in [5, 5.41) is 13.7. The van der Waals surface area contributed by atoms with Crippen molar-refractivity contribution in [2.24, 2.45) is 5.10 Å². The zero-order chi connectivity index (χ0) is 20.5. The van der Waals surface area contributed by atoms with Crippen LogP contribution in [0.1, 0.15) is 28.4 Å². The summed E-state index contributed by atoms with van der Waals surface area (Å²) in [5.41, 5.74) is 4.63. The van der Waals surface area contributed by atoms with E-state index in [1.54, 1.807) is 24.3 Å². The van der Waals surface area contributed by atoms with Gasteiger partial charge < -0.3 is 14.6 Å². The molecule has 0 aliphatic carbocycles. The maximum Gasteiger partial charge on any atom is 0.271 e. The van der Waals surface area contributed by atoms with Crippen LogP contribution in [0, 0.1) is 0 Å². The van der Waals surface area contributed by atoms with E-state index in [1.807, 2.05) is 49.4 Å². The van der Waals surface area contributed by atoms with E-state index in [-0.39, 0.29) is 11.7 Å². The van der Waals surface area contributed by atoms with Crippen molar-refractivity contribution in [1.29, 1.82) is 0 Å². The number of hydrogen-bond donors (Lipinski definition) is 2. The number of carbonyl (C=O) groups is 1. The third-order valence-electron chi connectivity index (χ3n) is 4.03. The SMILES string of the molecule is CCOc1cc(/C=N/NC(=O)c2ccc(COc3ccccc3)cc2)ccc1O. The van der Waals surface area contributed by atoms with Gasteiger partial charge in [0.25, 0.3) is 5.91 Å². The van der Waals surface area contributed by atoms with E-state index < -0.39 is 0 Å². The van der Waals surface area contributed by atoms with E-state index in [2.05, 4.69) is 10.5 Å². The lowest BCUT2D eigenvalue weighted by molar-refractivity contribution is 0.0955. The molecule has 0 bridgehead atoms. The molecule has 0 spiro atoms. The molecule has 1 amide bonds. The van der Waals surface area contributed by atoms with Crippen LogP contribution in [0.4, 0.5) is 0 Å². The summed E-state index contributed by atoms with van der Waals surface area (Å²) >= 11 is 0. The molecule has 6 heteroatoms. The molecular formula is C23H22N2O4. The molecule has 29 heavy (non-hydrogen) atoms. The first-order valence-corrected chi connectivity index (χ1v) is 9.21. The van der Waals surface area contributed by atoms with E-state index in [1.165, 1.54) is 12.3 Å². The number of hydrogen-bond acceptors (Lipinski definition) is 5. The number of nitrogens with one attached hydrogen (secondary N) is 1.